The van der Waals surface area contributed by atoms with Gasteiger partial charge in [0.05, 0.1) is 5.56 Å². The van der Waals surface area contributed by atoms with Gasteiger partial charge < -0.3 is 15.3 Å². The zero-order valence-corrected chi connectivity index (χ0v) is 11.7. The van der Waals surface area contributed by atoms with Crippen molar-refractivity contribution in [3.63, 3.8) is 0 Å². The molecule has 0 fully saturated rings. The second-order valence-corrected chi connectivity index (χ2v) is 5.55. The van der Waals surface area contributed by atoms with Crippen LogP contribution in [-0.2, 0) is 13.0 Å². The fourth-order valence-electron chi connectivity index (χ4n) is 2.86. The van der Waals surface area contributed by atoms with Gasteiger partial charge in [-0.3, -0.25) is 0 Å². The van der Waals surface area contributed by atoms with Crippen molar-refractivity contribution < 1.29 is 14.7 Å². The third kappa shape index (κ3) is 2.91. The number of carbonyl (C=O) groups is 2. The van der Waals surface area contributed by atoms with Gasteiger partial charge in [-0.1, -0.05) is 18.2 Å². The van der Waals surface area contributed by atoms with Crippen LogP contribution in [0, 0.1) is 0 Å². The number of fused-ring (bicyclic) bond motifs is 1. The molecule has 5 heteroatoms. The number of amides is 2. The summed E-state index contributed by atoms with van der Waals surface area (Å²) in [6.45, 7) is 1.15. The average Bonchev–Trinajstić information content (AvgIpc) is 2.98. The summed E-state index contributed by atoms with van der Waals surface area (Å²) in [6.07, 6.45) is 6.70. The van der Waals surface area contributed by atoms with E-state index in [4.69, 9.17) is 5.11 Å². The number of nitrogens with zero attached hydrogens (tertiary/aromatic N) is 1. The van der Waals surface area contributed by atoms with Crippen LogP contribution in [0.25, 0.3) is 0 Å². The minimum atomic E-state index is -0.934. The Kier molecular flexibility index (Phi) is 3.64. The van der Waals surface area contributed by atoms with E-state index in [0.29, 0.717) is 13.1 Å². The minimum absolute atomic E-state index is 0.0601. The number of benzene rings is 1. The number of nitrogens with one attached hydrogen (secondary N) is 1. The van der Waals surface area contributed by atoms with Crippen LogP contribution >= 0.6 is 0 Å². The molecule has 1 aliphatic carbocycles. The summed E-state index contributed by atoms with van der Waals surface area (Å²) < 4.78 is 0. The Labute approximate surface area is 123 Å². The number of carboxylic acid groups (broad SMARTS) is 1. The predicted octanol–water partition coefficient (Wildman–Crippen LogP) is 2.17. The lowest BCUT2D eigenvalue weighted by molar-refractivity contribution is 0.0696. The van der Waals surface area contributed by atoms with Crippen LogP contribution in [0.2, 0.25) is 0 Å². The van der Waals surface area contributed by atoms with Crippen LogP contribution in [-0.4, -0.2) is 34.6 Å². The van der Waals surface area contributed by atoms with E-state index >= 15 is 0 Å². The lowest BCUT2D eigenvalue weighted by Crippen LogP contribution is -2.46. The molecule has 1 heterocycles. The van der Waals surface area contributed by atoms with Gasteiger partial charge in [0.2, 0.25) is 0 Å². The second-order valence-electron chi connectivity index (χ2n) is 5.55. The molecule has 0 atom stereocenters. The first-order valence-electron chi connectivity index (χ1n) is 7.19. The SMILES string of the molecule is O=C(O)c1ccc2c(c1)CN(C(=O)NC1CC=CC1)CC2. The van der Waals surface area contributed by atoms with Crippen LogP contribution < -0.4 is 5.32 Å². The first-order valence-corrected chi connectivity index (χ1v) is 7.19. The number of rotatable bonds is 2. The second kappa shape index (κ2) is 5.60. The van der Waals surface area contributed by atoms with Crippen molar-refractivity contribution in [3.8, 4) is 0 Å². The largest absolute Gasteiger partial charge is 0.478 e. The molecule has 0 saturated heterocycles. The Hall–Kier alpha value is -2.30. The molecule has 2 aliphatic rings. The van der Waals surface area contributed by atoms with Crippen molar-refractivity contribution in [3.05, 3.63) is 47.0 Å². The Balaban J connectivity index is 1.69. The van der Waals surface area contributed by atoms with Crippen molar-refractivity contribution in [1.82, 2.24) is 10.2 Å². The maximum Gasteiger partial charge on any atom is 0.335 e. The summed E-state index contributed by atoms with van der Waals surface area (Å²) in [6, 6.07) is 5.30. The number of hydrogen-bond donors (Lipinski definition) is 2. The highest BCUT2D eigenvalue weighted by Crippen LogP contribution is 2.21. The summed E-state index contributed by atoms with van der Waals surface area (Å²) in [5, 5.41) is 12.1. The van der Waals surface area contributed by atoms with Crippen LogP contribution in [0.1, 0.15) is 34.3 Å². The molecule has 1 aromatic rings. The highest BCUT2D eigenvalue weighted by molar-refractivity contribution is 5.88. The Morgan fingerprint density at radius 2 is 1.95 bits per heavy atom. The molecular formula is C16H18N2O3. The number of aromatic carboxylic acids is 1. The summed E-state index contributed by atoms with van der Waals surface area (Å²) in [5.41, 5.74) is 2.34. The first kappa shape index (κ1) is 13.7. The summed E-state index contributed by atoms with van der Waals surface area (Å²) in [5.74, 6) is -0.934. The van der Waals surface area contributed by atoms with Gasteiger partial charge in [0.15, 0.2) is 0 Å². The van der Waals surface area contributed by atoms with E-state index < -0.39 is 5.97 Å². The van der Waals surface area contributed by atoms with Crippen LogP contribution in [0.15, 0.2) is 30.4 Å². The summed E-state index contributed by atoms with van der Waals surface area (Å²) in [7, 11) is 0. The summed E-state index contributed by atoms with van der Waals surface area (Å²) in [4.78, 5) is 25.0. The van der Waals surface area contributed by atoms with E-state index in [1.165, 1.54) is 0 Å². The third-order valence-electron chi connectivity index (χ3n) is 4.09. The molecule has 0 radical (unpaired) electrons. The van der Waals surface area contributed by atoms with Crippen molar-refractivity contribution in [2.75, 3.05) is 6.54 Å². The quantitative estimate of drug-likeness (QED) is 0.819. The molecule has 0 unspecified atom stereocenters. The monoisotopic (exact) mass is 286 g/mol. The number of carbonyl (C=O) groups excluding carboxylic acids is 1. The van der Waals surface area contributed by atoms with Gasteiger partial charge in [-0.2, -0.15) is 0 Å². The van der Waals surface area contributed by atoms with Gasteiger partial charge in [0.1, 0.15) is 0 Å². The third-order valence-corrected chi connectivity index (χ3v) is 4.09. The highest BCUT2D eigenvalue weighted by atomic mass is 16.4. The molecule has 0 bridgehead atoms. The van der Waals surface area contributed by atoms with Gasteiger partial charge in [0, 0.05) is 19.1 Å². The van der Waals surface area contributed by atoms with E-state index in [1.54, 1.807) is 17.0 Å². The first-order chi connectivity index (χ1) is 10.1. The standard InChI is InChI=1S/C16H18N2O3/c19-15(20)12-6-5-11-7-8-18(10-13(11)9-12)16(21)17-14-3-1-2-4-14/h1-2,5-6,9,14H,3-4,7-8,10H2,(H,17,21)(H,19,20). The molecule has 2 N–H and O–H groups in total. The van der Waals surface area contributed by atoms with E-state index in [0.717, 1.165) is 30.4 Å². The summed E-state index contributed by atoms with van der Waals surface area (Å²) >= 11 is 0. The smallest absolute Gasteiger partial charge is 0.335 e. The maximum atomic E-state index is 12.3. The molecule has 5 nitrogen and oxygen atoms in total. The zero-order chi connectivity index (χ0) is 14.8. The van der Waals surface area contributed by atoms with Gasteiger partial charge in [-0.15, -0.1) is 0 Å². The lowest BCUT2D eigenvalue weighted by Gasteiger charge is -2.30. The number of hydrogen-bond acceptors (Lipinski definition) is 2. The lowest BCUT2D eigenvalue weighted by atomic mass is 9.97. The number of carboxylic acids is 1. The topological polar surface area (TPSA) is 69.6 Å². The van der Waals surface area contributed by atoms with Crippen molar-refractivity contribution >= 4 is 12.0 Å². The fourth-order valence-corrected chi connectivity index (χ4v) is 2.86. The van der Waals surface area contributed by atoms with Crippen LogP contribution in [0.3, 0.4) is 0 Å². The maximum absolute atomic E-state index is 12.3. The van der Waals surface area contributed by atoms with Gasteiger partial charge >= 0.3 is 12.0 Å². The van der Waals surface area contributed by atoms with Gasteiger partial charge in [0.25, 0.3) is 0 Å². The molecule has 0 aromatic heterocycles. The van der Waals surface area contributed by atoms with E-state index in [2.05, 4.69) is 17.5 Å². The fraction of sp³-hybridized carbons (Fsp3) is 0.375. The molecule has 110 valence electrons. The minimum Gasteiger partial charge on any atom is -0.478 e. The normalized spacial score (nSPS) is 17.6. The van der Waals surface area contributed by atoms with Crippen LogP contribution in [0.4, 0.5) is 4.79 Å². The Bertz CT molecular complexity index is 602. The zero-order valence-electron chi connectivity index (χ0n) is 11.7. The molecule has 0 saturated carbocycles. The molecule has 3 rings (SSSR count). The average molecular weight is 286 g/mol. The molecule has 2 amide bonds. The molecule has 21 heavy (non-hydrogen) atoms. The van der Waals surface area contributed by atoms with E-state index in [-0.39, 0.29) is 17.6 Å². The Morgan fingerprint density at radius 1 is 1.19 bits per heavy atom. The van der Waals surface area contributed by atoms with Crippen molar-refractivity contribution in [2.45, 2.75) is 31.8 Å². The Morgan fingerprint density at radius 3 is 2.67 bits per heavy atom. The van der Waals surface area contributed by atoms with Crippen molar-refractivity contribution in [1.29, 1.82) is 0 Å². The van der Waals surface area contributed by atoms with E-state index in [1.807, 2.05) is 6.07 Å². The van der Waals surface area contributed by atoms with Gasteiger partial charge in [-0.25, -0.2) is 9.59 Å². The molecule has 0 spiro atoms. The van der Waals surface area contributed by atoms with E-state index in [9.17, 15) is 9.59 Å². The molecule has 1 aliphatic heterocycles. The van der Waals surface area contributed by atoms with Crippen LogP contribution in [0.5, 0.6) is 0 Å². The molecule has 1 aromatic carbocycles. The van der Waals surface area contributed by atoms with Gasteiger partial charge in [-0.05, 0) is 42.5 Å². The van der Waals surface area contributed by atoms with Crippen molar-refractivity contribution in [2.24, 2.45) is 0 Å². The predicted molar refractivity (Wildman–Crippen MR) is 78.2 cm³/mol. The molecular weight excluding hydrogens is 268 g/mol. The number of urea groups is 1. The highest BCUT2D eigenvalue weighted by Gasteiger charge is 2.23.